The molecular formula is C20H28N4O4. The third-order valence-electron chi connectivity index (χ3n) is 4.35. The number of hydrogen-bond donors (Lipinski definition) is 2. The highest BCUT2D eigenvalue weighted by atomic mass is 16.5. The van der Waals surface area contributed by atoms with E-state index in [1.165, 1.54) is 9.47 Å². The Morgan fingerprint density at radius 1 is 1.18 bits per heavy atom. The van der Waals surface area contributed by atoms with E-state index >= 15 is 0 Å². The second-order valence-electron chi connectivity index (χ2n) is 6.65. The molecule has 8 nitrogen and oxygen atoms in total. The molecule has 2 aromatic rings. The summed E-state index contributed by atoms with van der Waals surface area (Å²) in [6.45, 7) is 6.26. The summed E-state index contributed by atoms with van der Waals surface area (Å²) in [7, 11) is 0. The second kappa shape index (κ2) is 9.77. The average molecular weight is 388 g/mol. The number of benzene rings is 1. The number of nitrogens with zero attached hydrogens (tertiary/aromatic N) is 2. The number of aromatic amines is 1. The van der Waals surface area contributed by atoms with Crippen molar-refractivity contribution in [3.8, 4) is 5.75 Å². The molecule has 1 aromatic carbocycles. The molecule has 0 saturated heterocycles. The van der Waals surface area contributed by atoms with Gasteiger partial charge in [-0.2, -0.15) is 0 Å². The first-order chi connectivity index (χ1) is 13.4. The minimum Gasteiger partial charge on any atom is -0.484 e. The Kier molecular flexibility index (Phi) is 7.43. The van der Waals surface area contributed by atoms with Crippen molar-refractivity contribution in [3.63, 3.8) is 0 Å². The largest absolute Gasteiger partial charge is 0.484 e. The lowest BCUT2D eigenvalue weighted by molar-refractivity contribution is -0.120. The first kappa shape index (κ1) is 21.3. The van der Waals surface area contributed by atoms with Crippen LogP contribution in [-0.4, -0.2) is 28.6 Å². The number of anilines is 2. The van der Waals surface area contributed by atoms with E-state index in [0.29, 0.717) is 31.7 Å². The van der Waals surface area contributed by atoms with Gasteiger partial charge in [0, 0.05) is 13.1 Å². The summed E-state index contributed by atoms with van der Waals surface area (Å²) in [6.07, 6.45) is 2.17. The highest BCUT2D eigenvalue weighted by Gasteiger charge is 2.24. The van der Waals surface area contributed by atoms with Crippen LogP contribution in [0.4, 0.5) is 11.5 Å². The van der Waals surface area contributed by atoms with Gasteiger partial charge in [-0.1, -0.05) is 38.0 Å². The second-order valence-corrected chi connectivity index (χ2v) is 6.65. The zero-order valence-corrected chi connectivity index (χ0v) is 16.7. The van der Waals surface area contributed by atoms with Gasteiger partial charge >= 0.3 is 5.69 Å². The Bertz CT molecular complexity index is 915. The Morgan fingerprint density at radius 2 is 1.86 bits per heavy atom. The van der Waals surface area contributed by atoms with Crippen LogP contribution in [0.1, 0.15) is 38.7 Å². The number of amides is 1. The van der Waals surface area contributed by atoms with Crippen molar-refractivity contribution in [2.75, 3.05) is 23.8 Å². The van der Waals surface area contributed by atoms with Gasteiger partial charge < -0.3 is 15.4 Å². The Morgan fingerprint density at radius 3 is 2.46 bits per heavy atom. The molecule has 1 aromatic heterocycles. The number of carbonyl (C=O) groups is 1. The van der Waals surface area contributed by atoms with Crippen molar-refractivity contribution in [2.24, 2.45) is 0 Å². The summed E-state index contributed by atoms with van der Waals surface area (Å²) in [5, 5.41) is 0. The lowest BCUT2D eigenvalue weighted by Crippen LogP contribution is -2.43. The van der Waals surface area contributed by atoms with Gasteiger partial charge in [-0.05, 0) is 31.9 Å². The first-order valence-electron chi connectivity index (χ1n) is 9.51. The number of unbranched alkanes of at least 4 members (excludes halogenated alkanes) is 1. The number of ether oxygens (including phenoxy) is 1. The van der Waals surface area contributed by atoms with Crippen molar-refractivity contribution in [2.45, 2.75) is 46.6 Å². The minimum absolute atomic E-state index is 0.000920. The molecule has 0 fully saturated rings. The maximum Gasteiger partial charge on any atom is 0.330 e. The number of aryl methyl sites for hydroxylation is 1. The van der Waals surface area contributed by atoms with E-state index in [-0.39, 0.29) is 18.1 Å². The summed E-state index contributed by atoms with van der Waals surface area (Å²) in [5.74, 6) is 0.163. The highest BCUT2D eigenvalue weighted by molar-refractivity contribution is 5.96. The summed E-state index contributed by atoms with van der Waals surface area (Å²) >= 11 is 0. The van der Waals surface area contributed by atoms with Gasteiger partial charge in [0.25, 0.3) is 11.5 Å². The van der Waals surface area contributed by atoms with Crippen LogP contribution in [0.2, 0.25) is 0 Å². The lowest BCUT2D eigenvalue weighted by atomic mass is 10.2. The van der Waals surface area contributed by atoms with Gasteiger partial charge in [-0.3, -0.25) is 19.1 Å². The normalized spacial score (nSPS) is 10.7. The fourth-order valence-corrected chi connectivity index (χ4v) is 2.82. The molecule has 3 N–H and O–H groups in total. The standard InChI is InChI=1S/C20H28N4O4/c1-4-6-12-23(16(25)13-28-15-9-7-14(3)8-10-15)17-18(21)24(11-5-2)20(27)22-19(17)26/h7-10H,4-6,11-13,21H2,1-3H3,(H,22,26,27). The molecule has 0 aliphatic carbocycles. The number of nitrogen functional groups attached to an aromatic ring is 1. The third kappa shape index (κ3) is 5.03. The third-order valence-corrected chi connectivity index (χ3v) is 4.35. The van der Waals surface area contributed by atoms with E-state index < -0.39 is 17.2 Å². The number of aromatic nitrogens is 2. The van der Waals surface area contributed by atoms with E-state index in [1.807, 2.05) is 32.9 Å². The maximum atomic E-state index is 12.9. The van der Waals surface area contributed by atoms with Gasteiger partial charge in [-0.25, -0.2) is 4.79 Å². The molecule has 28 heavy (non-hydrogen) atoms. The van der Waals surface area contributed by atoms with Crippen LogP contribution in [0, 0.1) is 6.92 Å². The van der Waals surface area contributed by atoms with Crippen molar-refractivity contribution in [3.05, 3.63) is 50.7 Å². The van der Waals surface area contributed by atoms with Gasteiger partial charge in [0.15, 0.2) is 12.3 Å². The van der Waals surface area contributed by atoms with Crippen LogP contribution >= 0.6 is 0 Å². The molecule has 8 heteroatoms. The Balaban J connectivity index is 2.33. The van der Waals surface area contributed by atoms with Crippen molar-refractivity contribution < 1.29 is 9.53 Å². The van der Waals surface area contributed by atoms with Gasteiger partial charge in [-0.15, -0.1) is 0 Å². The number of rotatable bonds is 9. The van der Waals surface area contributed by atoms with E-state index in [9.17, 15) is 14.4 Å². The van der Waals surface area contributed by atoms with E-state index in [1.54, 1.807) is 12.1 Å². The molecule has 2 rings (SSSR count). The minimum atomic E-state index is -0.672. The monoisotopic (exact) mass is 388 g/mol. The van der Waals surface area contributed by atoms with Crippen LogP contribution in [0.3, 0.4) is 0 Å². The first-order valence-corrected chi connectivity index (χ1v) is 9.51. The maximum absolute atomic E-state index is 12.9. The van der Waals surface area contributed by atoms with Gasteiger partial charge in [0.05, 0.1) is 0 Å². The Hall–Kier alpha value is -3.03. The molecule has 0 saturated carbocycles. The molecule has 0 unspecified atom stereocenters. The fourth-order valence-electron chi connectivity index (χ4n) is 2.82. The molecule has 0 radical (unpaired) electrons. The molecule has 152 valence electrons. The van der Waals surface area contributed by atoms with Gasteiger partial charge in [0.1, 0.15) is 11.6 Å². The molecule has 0 aliphatic rings. The number of nitrogens with one attached hydrogen (secondary N) is 1. The SMILES string of the molecule is CCCCN(C(=O)COc1ccc(C)cc1)c1c(N)n(CCC)c(=O)[nH]c1=O. The van der Waals surface area contributed by atoms with Crippen LogP contribution in [0.15, 0.2) is 33.9 Å². The van der Waals surface area contributed by atoms with E-state index in [0.717, 1.165) is 12.0 Å². The molecule has 0 bridgehead atoms. The summed E-state index contributed by atoms with van der Waals surface area (Å²) in [4.78, 5) is 40.9. The highest BCUT2D eigenvalue weighted by Crippen LogP contribution is 2.19. The lowest BCUT2D eigenvalue weighted by Gasteiger charge is -2.24. The summed E-state index contributed by atoms with van der Waals surface area (Å²) in [6, 6.07) is 7.33. The quantitative estimate of drug-likeness (QED) is 0.683. The molecule has 0 atom stereocenters. The summed E-state index contributed by atoms with van der Waals surface area (Å²) in [5.41, 5.74) is 5.95. The zero-order chi connectivity index (χ0) is 20.7. The van der Waals surface area contributed by atoms with E-state index in [2.05, 4.69) is 4.98 Å². The van der Waals surface area contributed by atoms with Crippen LogP contribution in [0.5, 0.6) is 5.75 Å². The van der Waals surface area contributed by atoms with Crippen molar-refractivity contribution >= 4 is 17.4 Å². The number of carbonyl (C=O) groups excluding carboxylic acids is 1. The number of nitrogens with two attached hydrogens (primary N) is 1. The van der Waals surface area contributed by atoms with Crippen molar-refractivity contribution in [1.29, 1.82) is 0 Å². The molecular weight excluding hydrogens is 360 g/mol. The predicted octanol–water partition coefficient (Wildman–Crippen LogP) is 2.05. The number of hydrogen-bond acceptors (Lipinski definition) is 5. The van der Waals surface area contributed by atoms with Crippen LogP contribution in [0.25, 0.3) is 0 Å². The smallest absolute Gasteiger partial charge is 0.330 e. The zero-order valence-electron chi connectivity index (χ0n) is 16.7. The number of H-pyrrole nitrogens is 1. The molecule has 0 aliphatic heterocycles. The Labute approximate surface area is 163 Å². The van der Waals surface area contributed by atoms with Crippen LogP contribution in [-0.2, 0) is 11.3 Å². The summed E-state index contributed by atoms with van der Waals surface area (Å²) < 4.78 is 6.86. The molecule has 1 amide bonds. The predicted molar refractivity (Wildman–Crippen MR) is 110 cm³/mol. The molecule has 0 spiro atoms. The van der Waals surface area contributed by atoms with Gasteiger partial charge in [0.2, 0.25) is 0 Å². The fraction of sp³-hybridized carbons (Fsp3) is 0.450. The molecule has 1 heterocycles. The van der Waals surface area contributed by atoms with E-state index in [4.69, 9.17) is 10.5 Å². The van der Waals surface area contributed by atoms with Crippen LogP contribution < -0.4 is 26.6 Å². The topological polar surface area (TPSA) is 110 Å². The van der Waals surface area contributed by atoms with Crippen molar-refractivity contribution in [1.82, 2.24) is 9.55 Å². The average Bonchev–Trinajstić information content (AvgIpc) is 2.66.